The molecule has 2 N–H and O–H groups in total. The van der Waals surface area contributed by atoms with Crippen LogP contribution in [-0.2, 0) is 4.79 Å². The molecule has 104 valence electrons. The Bertz CT molecular complexity index is 286. The maximum atomic E-state index is 12.3. The van der Waals surface area contributed by atoms with Gasteiger partial charge >= 0.3 is 0 Å². The second-order valence-electron chi connectivity index (χ2n) is 5.80. The van der Waals surface area contributed by atoms with E-state index in [-0.39, 0.29) is 11.9 Å². The Hall–Kier alpha value is -0.610. The largest absolute Gasteiger partial charge is 0.388 e. The van der Waals surface area contributed by atoms with E-state index in [0.29, 0.717) is 6.54 Å². The van der Waals surface area contributed by atoms with Crippen molar-refractivity contribution in [1.82, 2.24) is 10.2 Å². The van der Waals surface area contributed by atoms with Crippen LogP contribution < -0.4 is 5.32 Å². The molecule has 1 aliphatic carbocycles. The molecule has 1 amide bonds. The predicted molar refractivity (Wildman–Crippen MR) is 71.3 cm³/mol. The molecular weight excluding hydrogens is 228 g/mol. The molecule has 4 heteroatoms. The van der Waals surface area contributed by atoms with Gasteiger partial charge in [-0.25, -0.2) is 0 Å². The third-order valence-corrected chi connectivity index (χ3v) is 4.25. The van der Waals surface area contributed by atoms with Crippen LogP contribution >= 0.6 is 0 Å². The number of hydrogen-bond donors (Lipinski definition) is 2. The van der Waals surface area contributed by atoms with Gasteiger partial charge in [0.1, 0.15) is 0 Å². The van der Waals surface area contributed by atoms with Crippen molar-refractivity contribution in [3.8, 4) is 0 Å². The molecule has 0 aromatic carbocycles. The molecule has 0 radical (unpaired) electrons. The molecule has 1 aliphatic heterocycles. The summed E-state index contributed by atoms with van der Waals surface area (Å²) in [6.45, 7) is 4.20. The van der Waals surface area contributed by atoms with Gasteiger partial charge in [0.05, 0.1) is 11.6 Å². The molecule has 0 spiro atoms. The number of β-amino-alcohol motifs (C(OH)–C–C–N with tert-alkyl or cyclic N) is 1. The van der Waals surface area contributed by atoms with Crippen molar-refractivity contribution in [2.45, 2.75) is 63.5 Å². The lowest BCUT2D eigenvalue weighted by molar-refractivity contribution is -0.141. The lowest BCUT2D eigenvalue weighted by Gasteiger charge is -2.40. The third-order valence-electron chi connectivity index (χ3n) is 4.25. The summed E-state index contributed by atoms with van der Waals surface area (Å²) < 4.78 is 0. The number of carbonyl (C=O) groups is 1. The zero-order valence-electron chi connectivity index (χ0n) is 11.5. The molecule has 4 nitrogen and oxygen atoms in total. The highest BCUT2D eigenvalue weighted by atomic mass is 16.3. The topological polar surface area (TPSA) is 52.6 Å². The molecule has 1 unspecified atom stereocenters. The van der Waals surface area contributed by atoms with Crippen LogP contribution in [0, 0.1) is 0 Å². The molecule has 2 aliphatic rings. The predicted octanol–water partition coefficient (Wildman–Crippen LogP) is 1.28. The van der Waals surface area contributed by atoms with Crippen molar-refractivity contribution >= 4 is 5.91 Å². The number of rotatable bonds is 4. The fourth-order valence-corrected chi connectivity index (χ4v) is 3.26. The van der Waals surface area contributed by atoms with Crippen molar-refractivity contribution in [1.29, 1.82) is 0 Å². The fourth-order valence-electron chi connectivity index (χ4n) is 3.26. The Morgan fingerprint density at radius 3 is 2.72 bits per heavy atom. The van der Waals surface area contributed by atoms with E-state index in [0.717, 1.165) is 51.6 Å². The van der Waals surface area contributed by atoms with Gasteiger partial charge in [0.25, 0.3) is 0 Å². The molecule has 18 heavy (non-hydrogen) atoms. The molecule has 0 aromatic heterocycles. The van der Waals surface area contributed by atoms with Gasteiger partial charge in [0.15, 0.2) is 0 Å². The van der Waals surface area contributed by atoms with Gasteiger partial charge in [0, 0.05) is 13.1 Å². The molecule has 1 saturated heterocycles. The van der Waals surface area contributed by atoms with Crippen LogP contribution in [0.2, 0.25) is 0 Å². The summed E-state index contributed by atoms with van der Waals surface area (Å²) in [6.07, 6.45) is 7.08. The van der Waals surface area contributed by atoms with Crippen LogP contribution in [0.5, 0.6) is 0 Å². The first-order valence-corrected chi connectivity index (χ1v) is 7.39. The molecule has 0 aromatic rings. The SMILES string of the molecule is CCNC1CCCN(CC2(O)CCCCC2)C1=O. The number of likely N-dealkylation sites (tertiary alicyclic amines) is 1. The van der Waals surface area contributed by atoms with Crippen LogP contribution in [-0.4, -0.2) is 47.2 Å². The molecule has 0 bridgehead atoms. The van der Waals surface area contributed by atoms with Gasteiger partial charge in [-0.2, -0.15) is 0 Å². The Morgan fingerprint density at radius 2 is 2.06 bits per heavy atom. The van der Waals surface area contributed by atoms with Crippen molar-refractivity contribution in [3.63, 3.8) is 0 Å². The average molecular weight is 254 g/mol. The highest BCUT2D eigenvalue weighted by Crippen LogP contribution is 2.29. The minimum absolute atomic E-state index is 0.0315. The maximum absolute atomic E-state index is 12.3. The Labute approximate surface area is 110 Å². The normalized spacial score (nSPS) is 28.4. The zero-order chi connectivity index (χ0) is 13.0. The Balaban J connectivity index is 1.93. The van der Waals surface area contributed by atoms with Gasteiger partial charge in [-0.3, -0.25) is 4.79 Å². The summed E-state index contributed by atoms with van der Waals surface area (Å²) in [4.78, 5) is 14.2. The van der Waals surface area contributed by atoms with Gasteiger partial charge in [-0.05, 0) is 32.2 Å². The van der Waals surface area contributed by atoms with Gasteiger partial charge in [0.2, 0.25) is 5.91 Å². The Kier molecular flexibility index (Phi) is 4.62. The maximum Gasteiger partial charge on any atom is 0.239 e. The summed E-state index contributed by atoms with van der Waals surface area (Å²) >= 11 is 0. The summed E-state index contributed by atoms with van der Waals surface area (Å²) in [7, 11) is 0. The van der Waals surface area contributed by atoms with Crippen LogP contribution in [0.1, 0.15) is 51.9 Å². The molecule has 1 atom stereocenters. The van der Waals surface area contributed by atoms with E-state index in [1.807, 2.05) is 11.8 Å². The minimum atomic E-state index is -0.623. The van der Waals surface area contributed by atoms with Crippen molar-refractivity contribution in [3.05, 3.63) is 0 Å². The summed E-state index contributed by atoms with van der Waals surface area (Å²) in [5.74, 6) is 0.182. The minimum Gasteiger partial charge on any atom is -0.388 e. The van der Waals surface area contributed by atoms with E-state index in [9.17, 15) is 9.90 Å². The zero-order valence-corrected chi connectivity index (χ0v) is 11.5. The second kappa shape index (κ2) is 6.02. The molecule has 1 heterocycles. The van der Waals surface area contributed by atoms with Crippen LogP contribution in [0.15, 0.2) is 0 Å². The first-order valence-electron chi connectivity index (χ1n) is 7.39. The van der Waals surface area contributed by atoms with Crippen molar-refractivity contribution < 1.29 is 9.90 Å². The summed E-state index contributed by atoms with van der Waals surface area (Å²) in [6, 6.07) is -0.0315. The highest BCUT2D eigenvalue weighted by Gasteiger charge is 2.36. The molecule has 2 rings (SSSR count). The number of hydrogen-bond acceptors (Lipinski definition) is 3. The van der Waals surface area contributed by atoms with E-state index in [1.54, 1.807) is 0 Å². The van der Waals surface area contributed by atoms with E-state index < -0.39 is 5.60 Å². The monoisotopic (exact) mass is 254 g/mol. The molecule has 2 fully saturated rings. The number of aliphatic hydroxyl groups is 1. The van der Waals surface area contributed by atoms with E-state index in [4.69, 9.17) is 0 Å². The standard InChI is InChI=1S/C14H26N2O2/c1-2-15-12-7-6-10-16(13(12)17)11-14(18)8-4-3-5-9-14/h12,15,18H,2-11H2,1H3. The molecular formula is C14H26N2O2. The van der Waals surface area contributed by atoms with Crippen LogP contribution in [0.25, 0.3) is 0 Å². The summed E-state index contributed by atoms with van der Waals surface area (Å²) in [5, 5.41) is 13.8. The number of likely N-dealkylation sites (N-methyl/N-ethyl adjacent to an activating group) is 1. The van der Waals surface area contributed by atoms with E-state index in [2.05, 4.69) is 5.32 Å². The third kappa shape index (κ3) is 3.23. The first-order chi connectivity index (χ1) is 8.64. The summed E-state index contributed by atoms with van der Waals surface area (Å²) in [5.41, 5.74) is -0.623. The van der Waals surface area contributed by atoms with E-state index >= 15 is 0 Å². The fraction of sp³-hybridized carbons (Fsp3) is 0.929. The second-order valence-corrected chi connectivity index (χ2v) is 5.80. The van der Waals surface area contributed by atoms with Gasteiger partial charge in [-0.15, -0.1) is 0 Å². The quantitative estimate of drug-likeness (QED) is 0.794. The lowest BCUT2D eigenvalue weighted by Crippen LogP contribution is -2.55. The number of amides is 1. The van der Waals surface area contributed by atoms with Crippen LogP contribution in [0.3, 0.4) is 0 Å². The number of carbonyl (C=O) groups excluding carboxylic acids is 1. The van der Waals surface area contributed by atoms with Crippen LogP contribution in [0.4, 0.5) is 0 Å². The first kappa shape index (κ1) is 13.8. The number of piperidine rings is 1. The highest BCUT2D eigenvalue weighted by molar-refractivity contribution is 5.82. The van der Waals surface area contributed by atoms with Gasteiger partial charge < -0.3 is 15.3 Å². The van der Waals surface area contributed by atoms with E-state index in [1.165, 1.54) is 6.42 Å². The lowest BCUT2D eigenvalue weighted by atomic mass is 9.84. The average Bonchev–Trinajstić information content (AvgIpc) is 2.35. The Morgan fingerprint density at radius 1 is 1.33 bits per heavy atom. The number of nitrogens with zero attached hydrogens (tertiary/aromatic N) is 1. The molecule has 1 saturated carbocycles. The number of nitrogens with one attached hydrogen (secondary N) is 1. The smallest absolute Gasteiger partial charge is 0.239 e. The van der Waals surface area contributed by atoms with Crippen molar-refractivity contribution in [2.24, 2.45) is 0 Å². The van der Waals surface area contributed by atoms with Gasteiger partial charge in [-0.1, -0.05) is 26.2 Å². The van der Waals surface area contributed by atoms with Crippen molar-refractivity contribution in [2.75, 3.05) is 19.6 Å².